The SMILES string of the molecule is CC(=O)c1cnccc1NC(=O)C1CC(CC2CC2)C1. The highest BCUT2D eigenvalue weighted by Gasteiger charge is 2.37. The molecule has 0 unspecified atom stereocenters. The van der Waals surface area contributed by atoms with Crippen molar-refractivity contribution in [3.63, 3.8) is 0 Å². The van der Waals surface area contributed by atoms with Crippen LogP contribution in [0.3, 0.4) is 0 Å². The van der Waals surface area contributed by atoms with Gasteiger partial charge in [-0.1, -0.05) is 12.8 Å². The van der Waals surface area contributed by atoms with E-state index in [0.717, 1.165) is 24.7 Å². The second-order valence-electron chi connectivity index (χ2n) is 6.18. The highest BCUT2D eigenvalue weighted by Crippen LogP contribution is 2.44. The molecule has 106 valence electrons. The number of hydrogen-bond donors (Lipinski definition) is 1. The van der Waals surface area contributed by atoms with Crippen LogP contribution < -0.4 is 5.32 Å². The van der Waals surface area contributed by atoms with Gasteiger partial charge in [-0.3, -0.25) is 14.6 Å². The van der Waals surface area contributed by atoms with Crippen LogP contribution in [0.15, 0.2) is 18.5 Å². The second kappa shape index (κ2) is 5.35. The first kappa shape index (κ1) is 13.3. The molecule has 2 fully saturated rings. The van der Waals surface area contributed by atoms with E-state index in [0.29, 0.717) is 11.3 Å². The van der Waals surface area contributed by atoms with Crippen LogP contribution in [0.1, 0.15) is 49.4 Å². The van der Waals surface area contributed by atoms with Crippen LogP contribution >= 0.6 is 0 Å². The lowest BCUT2D eigenvalue weighted by Crippen LogP contribution is -2.35. The summed E-state index contributed by atoms with van der Waals surface area (Å²) < 4.78 is 0. The standard InChI is InChI=1S/C16H20N2O2/c1-10(19)14-9-17-5-4-15(14)18-16(20)13-7-12(8-13)6-11-2-3-11/h4-5,9,11-13H,2-3,6-8H2,1H3,(H,17,18,20). The van der Waals surface area contributed by atoms with E-state index in [9.17, 15) is 9.59 Å². The molecule has 1 amide bonds. The monoisotopic (exact) mass is 272 g/mol. The van der Waals surface area contributed by atoms with Crippen molar-refractivity contribution in [2.45, 2.75) is 39.0 Å². The van der Waals surface area contributed by atoms with E-state index in [2.05, 4.69) is 10.3 Å². The van der Waals surface area contributed by atoms with Crippen LogP contribution in [0, 0.1) is 17.8 Å². The van der Waals surface area contributed by atoms with Crippen LogP contribution in [0.4, 0.5) is 5.69 Å². The van der Waals surface area contributed by atoms with E-state index in [1.165, 1.54) is 32.4 Å². The minimum Gasteiger partial charge on any atom is -0.325 e. The zero-order valence-corrected chi connectivity index (χ0v) is 11.8. The van der Waals surface area contributed by atoms with Gasteiger partial charge in [-0.15, -0.1) is 0 Å². The highest BCUT2D eigenvalue weighted by atomic mass is 16.2. The number of nitrogens with zero attached hydrogens (tertiary/aromatic N) is 1. The maximum absolute atomic E-state index is 12.2. The summed E-state index contributed by atoms with van der Waals surface area (Å²) in [5.74, 6) is 1.77. The Balaban J connectivity index is 1.55. The van der Waals surface area contributed by atoms with Crippen LogP contribution in [-0.2, 0) is 4.79 Å². The topological polar surface area (TPSA) is 59.1 Å². The van der Waals surface area contributed by atoms with Gasteiger partial charge in [0.1, 0.15) is 0 Å². The summed E-state index contributed by atoms with van der Waals surface area (Å²) in [5.41, 5.74) is 1.07. The van der Waals surface area contributed by atoms with Gasteiger partial charge in [0.25, 0.3) is 0 Å². The minimum absolute atomic E-state index is 0.0470. The number of Topliss-reactive ketones (excluding diaryl/α,β-unsaturated/α-hetero) is 1. The maximum atomic E-state index is 12.2. The second-order valence-corrected chi connectivity index (χ2v) is 6.18. The molecule has 0 aromatic carbocycles. The molecule has 2 aliphatic rings. The molecule has 0 saturated heterocycles. The first-order valence-electron chi connectivity index (χ1n) is 7.39. The number of anilines is 1. The average Bonchev–Trinajstić information content (AvgIpc) is 3.17. The van der Waals surface area contributed by atoms with E-state index in [4.69, 9.17) is 0 Å². The molecular formula is C16H20N2O2. The molecule has 2 saturated carbocycles. The van der Waals surface area contributed by atoms with Gasteiger partial charge in [0, 0.05) is 18.3 Å². The summed E-state index contributed by atoms with van der Waals surface area (Å²) in [6.45, 7) is 1.49. The highest BCUT2D eigenvalue weighted by molar-refractivity contribution is 6.03. The van der Waals surface area contributed by atoms with Crippen molar-refractivity contribution >= 4 is 17.4 Å². The van der Waals surface area contributed by atoms with E-state index in [1.54, 1.807) is 12.3 Å². The Kier molecular flexibility index (Phi) is 3.55. The predicted octanol–water partition coefficient (Wildman–Crippen LogP) is 3.05. The smallest absolute Gasteiger partial charge is 0.227 e. The number of ketones is 1. The van der Waals surface area contributed by atoms with Crippen LogP contribution in [0.5, 0.6) is 0 Å². The lowest BCUT2D eigenvalue weighted by molar-refractivity contribution is -0.123. The molecule has 4 heteroatoms. The average molecular weight is 272 g/mol. The third kappa shape index (κ3) is 2.89. The van der Waals surface area contributed by atoms with Gasteiger partial charge in [0.2, 0.25) is 5.91 Å². The van der Waals surface area contributed by atoms with Gasteiger partial charge in [0.05, 0.1) is 11.3 Å². The zero-order chi connectivity index (χ0) is 14.1. The Labute approximate surface area is 119 Å². The molecule has 0 radical (unpaired) electrons. The Morgan fingerprint density at radius 1 is 1.30 bits per heavy atom. The molecule has 1 aromatic heterocycles. The molecular weight excluding hydrogens is 252 g/mol. The zero-order valence-electron chi connectivity index (χ0n) is 11.8. The number of hydrogen-bond acceptors (Lipinski definition) is 3. The fourth-order valence-corrected chi connectivity index (χ4v) is 2.99. The molecule has 0 spiro atoms. The molecule has 1 heterocycles. The largest absolute Gasteiger partial charge is 0.325 e. The summed E-state index contributed by atoms with van der Waals surface area (Å²) in [6.07, 6.45) is 9.18. The summed E-state index contributed by atoms with van der Waals surface area (Å²) in [5, 5.41) is 2.88. The molecule has 0 atom stereocenters. The number of rotatable bonds is 5. The van der Waals surface area contributed by atoms with Gasteiger partial charge in [0.15, 0.2) is 5.78 Å². The van der Waals surface area contributed by atoms with E-state index in [-0.39, 0.29) is 17.6 Å². The lowest BCUT2D eigenvalue weighted by Gasteiger charge is -2.34. The van der Waals surface area contributed by atoms with Crippen LogP contribution in [-0.4, -0.2) is 16.7 Å². The van der Waals surface area contributed by atoms with Crippen molar-refractivity contribution in [2.75, 3.05) is 5.32 Å². The van der Waals surface area contributed by atoms with Crippen molar-refractivity contribution in [1.29, 1.82) is 0 Å². The molecule has 1 N–H and O–H groups in total. The number of amides is 1. The molecule has 0 aliphatic heterocycles. The van der Waals surface area contributed by atoms with Crippen molar-refractivity contribution in [2.24, 2.45) is 17.8 Å². The van der Waals surface area contributed by atoms with Crippen molar-refractivity contribution < 1.29 is 9.59 Å². The Hall–Kier alpha value is -1.71. The molecule has 20 heavy (non-hydrogen) atoms. The van der Waals surface area contributed by atoms with Gasteiger partial charge in [-0.05, 0) is 44.1 Å². The first-order valence-corrected chi connectivity index (χ1v) is 7.39. The summed E-state index contributed by atoms with van der Waals surface area (Å²) >= 11 is 0. The van der Waals surface area contributed by atoms with Crippen LogP contribution in [0.25, 0.3) is 0 Å². The predicted molar refractivity (Wildman–Crippen MR) is 76.4 cm³/mol. The van der Waals surface area contributed by atoms with Crippen LogP contribution in [0.2, 0.25) is 0 Å². The third-order valence-electron chi connectivity index (χ3n) is 4.43. The Bertz CT molecular complexity index is 531. The number of carbonyl (C=O) groups excluding carboxylic acids is 2. The van der Waals surface area contributed by atoms with Gasteiger partial charge >= 0.3 is 0 Å². The molecule has 0 bridgehead atoms. The fraction of sp³-hybridized carbons (Fsp3) is 0.562. The Morgan fingerprint density at radius 2 is 2.05 bits per heavy atom. The van der Waals surface area contributed by atoms with Gasteiger partial charge in [-0.25, -0.2) is 0 Å². The Morgan fingerprint density at radius 3 is 2.70 bits per heavy atom. The van der Waals surface area contributed by atoms with Crippen molar-refractivity contribution in [1.82, 2.24) is 4.98 Å². The number of nitrogens with one attached hydrogen (secondary N) is 1. The summed E-state index contributed by atoms with van der Waals surface area (Å²) in [4.78, 5) is 27.6. The van der Waals surface area contributed by atoms with Crippen molar-refractivity contribution in [3.8, 4) is 0 Å². The number of aromatic nitrogens is 1. The quantitative estimate of drug-likeness (QED) is 0.838. The molecule has 1 aromatic rings. The van der Waals surface area contributed by atoms with Crippen molar-refractivity contribution in [3.05, 3.63) is 24.0 Å². The number of pyridine rings is 1. The van der Waals surface area contributed by atoms with Gasteiger partial charge < -0.3 is 5.32 Å². The fourth-order valence-electron chi connectivity index (χ4n) is 2.99. The first-order chi connectivity index (χ1) is 9.63. The summed E-state index contributed by atoms with van der Waals surface area (Å²) in [6, 6.07) is 1.69. The molecule has 4 nitrogen and oxygen atoms in total. The maximum Gasteiger partial charge on any atom is 0.227 e. The minimum atomic E-state index is -0.0754. The number of carbonyl (C=O) groups is 2. The lowest BCUT2D eigenvalue weighted by atomic mass is 9.72. The van der Waals surface area contributed by atoms with E-state index >= 15 is 0 Å². The molecule has 2 aliphatic carbocycles. The van der Waals surface area contributed by atoms with E-state index < -0.39 is 0 Å². The molecule has 3 rings (SSSR count). The normalized spacial score (nSPS) is 24.9. The third-order valence-corrected chi connectivity index (χ3v) is 4.43. The summed E-state index contributed by atoms with van der Waals surface area (Å²) in [7, 11) is 0. The van der Waals surface area contributed by atoms with Gasteiger partial charge in [-0.2, -0.15) is 0 Å². The van der Waals surface area contributed by atoms with E-state index in [1.807, 2.05) is 0 Å².